The first kappa shape index (κ1) is 12.6. The first-order valence-corrected chi connectivity index (χ1v) is 7.09. The first-order chi connectivity index (χ1) is 9.20. The number of hydrogen-bond donors (Lipinski definition) is 2. The number of halogens is 1. The minimum absolute atomic E-state index is 0.111. The predicted octanol–water partition coefficient (Wildman–Crippen LogP) is 2.45. The molecule has 1 aliphatic carbocycles. The Kier molecular flexibility index (Phi) is 3.48. The Morgan fingerprint density at radius 3 is 2.74 bits per heavy atom. The van der Waals surface area contributed by atoms with Gasteiger partial charge in [-0.1, -0.05) is 28.1 Å². The summed E-state index contributed by atoms with van der Waals surface area (Å²) in [5.41, 5.74) is 1.59. The highest BCUT2D eigenvalue weighted by molar-refractivity contribution is 9.10. The van der Waals surface area contributed by atoms with E-state index in [0.717, 1.165) is 15.7 Å². The molecule has 0 bridgehead atoms. The van der Waals surface area contributed by atoms with Crippen molar-refractivity contribution in [3.8, 4) is 11.4 Å². The van der Waals surface area contributed by atoms with Gasteiger partial charge in [-0.3, -0.25) is 4.79 Å². The van der Waals surface area contributed by atoms with Crippen molar-refractivity contribution in [1.82, 2.24) is 15.3 Å². The molecule has 1 heterocycles. The summed E-state index contributed by atoms with van der Waals surface area (Å²) in [7, 11) is 0. The highest BCUT2D eigenvalue weighted by Gasteiger charge is 2.20. The van der Waals surface area contributed by atoms with Gasteiger partial charge in [-0.15, -0.1) is 0 Å². The summed E-state index contributed by atoms with van der Waals surface area (Å²) in [5.74, 6) is 0.618. The third-order valence-electron chi connectivity index (χ3n) is 3.06. The molecule has 2 aromatic rings. The van der Waals surface area contributed by atoms with Crippen molar-refractivity contribution in [3.63, 3.8) is 0 Å². The standard InChI is InChI=1S/C14H14BrN3O/c15-10-3-1-9(2-4-10)14-17-12(7-13(19)18-14)8-16-11-5-6-11/h1-4,7,11,16H,5-6,8H2,(H,17,18,19). The SMILES string of the molecule is O=c1cc(CNC2CC2)nc(-c2ccc(Br)cc2)[nH]1. The highest BCUT2D eigenvalue weighted by atomic mass is 79.9. The van der Waals surface area contributed by atoms with Crippen LogP contribution in [-0.2, 0) is 6.54 Å². The number of nitrogens with one attached hydrogen (secondary N) is 2. The van der Waals surface area contributed by atoms with Crippen molar-refractivity contribution in [2.24, 2.45) is 0 Å². The molecule has 0 atom stereocenters. The minimum Gasteiger partial charge on any atom is -0.308 e. The van der Waals surface area contributed by atoms with Gasteiger partial charge in [0.15, 0.2) is 0 Å². The minimum atomic E-state index is -0.111. The fourth-order valence-corrected chi connectivity index (χ4v) is 2.14. The second kappa shape index (κ2) is 5.27. The summed E-state index contributed by atoms with van der Waals surface area (Å²) in [5, 5.41) is 3.37. The van der Waals surface area contributed by atoms with E-state index in [2.05, 4.69) is 31.2 Å². The van der Waals surface area contributed by atoms with E-state index in [9.17, 15) is 4.79 Å². The average molecular weight is 320 g/mol. The summed E-state index contributed by atoms with van der Waals surface area (Å²) in [6.07, 6.45) is 2.45. The Morgan fingerprint density at radius 2 is 2.05 bits per heavy atom. The van der Waals surface area contributed by atoms with Gasteiger partial charge in [0.1, 0.15) is 5.82 Å². The van der Waals surface area contributed by atoms with Gasteiger partial charge in [-0.2, -0.15) is 0 Å². The van der Waals surface area contributed by atoms with E-state index < -0.39 is 0 Å². The Hall–Kier alpha value is -1.46. The molecule has 0 saturated heterocycles. The third-order valence-corrected chi connectivity index (χ3v) is 3.59. The van der Waals surface area contributed by atoms with E-state index in [1.807, 2.05) is 24.3 Å². The Bertz CT molecular complexity index is 632. The summed E-state index contributed by atoms with van der Waals surface area (Å²) < 4.78 is 1.00. The van der Waals surface area contributed by atoms with Crippen LogP contribution in [0.5, 0.6) is 0 Å². The van der Waals surface area contributed by atoms with Crippen LogP contribution >= 0.6 is 15.9 Å². The topological polar surface area (TPSA) is 57.8 Å². The van der Waals surface area contributed by atoms with E-state index in [4.69, 9.17) is 0 Å². The molecular formula is C14H14BrN3O. The van der Waals surface area contributed by atoms with Crippen LogP contribution in [0.1, 0.15) is 18.5 Å². The fourth-order valence-electron chi connectivity index (χ4n) is 1.88. The van der Waals surface area contributed by atoms with Crippen molar-refractivity contribution in [2.75, 3.05) is 0 Å². The van der Waals surface area contributed by atoms with Crippen molar-refractivity contribution in [3.05, 3.63) is 50.9 Å². The number of hydrogen-bond acceptors (Lipinski definition) is 3. The predicted molar refractivity (Wildman–Crippen MR) is 77.9 cm³/mol. The summed E-state index contributed by atoms with van der Waals surface area (Å²) in [6, 6.07) is 9.89. The molecule has 19 heavy (non-hydrogen) atoms. The Balaban J connectivity index is 1.87. The largest absolute Gasteiger partial charge is 0.308 e. The van der Waals surface area contributed by atoms with Crippen LogP contribution in [0.4, 0.5) is 0 Å². The molecule has 1 saturated carbocycles. The van der Waals surface area contributed by atoms with Crippen LogP contribution in [0.3, 0.4) is 0 Å². The van der Waals surface area contributed by atoms with E-state index in [0.29, 0.717) is 18.4 Å². The smallest absolute Gasteiger partial charge is 0.251 e. The quantitative estimate of drug-likeness (QED) is 0.910. The van der Waals surface area contributed by atoms with Gasteiger partial charge in [0, 0.05) is 28.7 Å². The van der Waals surface area contributed by atoms with Crippen LogP contribution in [-0.4, -0.2) is 16.0 Å². The third kappa shape index (κ3) is 3.30. The lowest BCUT2D eigenvalue weighted by Crippen LogP contribution is -2.19. The van der Waals surface area contributed by atoms with E-state index >= 15 is 0 Å². The molecule has 0 aliphatic heterocycles. The lowest BCUT2D eigenvalue weighted by atomic mass is 10.2. The molecule has 2 N–H and O–H groups in total. The van der Waals surface area contributed by atoms with Crippen molar-refractivity contribution in [1.29, 1.82) is 0 Å². The normalized spacial score (nSPS) is 14.6. The lowest BCUT2D eigenvalue weighted by Gasteiger charge is -2.05. The molecule has 0 spiro atoms. The maximum atomic E-state index is 11.7. The van der Waals surface area contributed by atoms with Crippen molar-refractivity contribution in [2.45, 2.75) is 25.4 Å². The maximum Gasteiger partial charge on any atom is 0.251 e. The van der Waals surface area contributed by atoms with Gasteiger partial charge in [-0.25, -0.2) is 4.98 Å². The number of benzene rings is 1. The van der Waals surface area contributed by atoms with Crippen molar-refractivity contribution < 1.29 is 0 Å². The Morgan fingerprint density at radius 1 is 1.32 bits per heavy atom. The molecular weight excluding hydrogens is 306 g/mol. The van der Waals surface area contributed by atoms with Gasteiger partial charge in [0.25, 0.3) is 5.56 Å². The molecule has 1 aromatic heterocycles. The maximum absolute atomic E-state index is 11.7. The van der Waals surface area contributed by atoms with Crippen LogP contribution in [0.25, 0.3) is 11.4 Å². The number of H-pyrrole nitrogens is 1. The zero-order valence-electron chi connectivity index (χ0n) is 10.3. The molecule has 3 rings (SSSR count). The highest BCUT2D eigenvalue weighted by Crippen LogP contribution is 2.20. The Labute approximate surface area is 119 Å². The molecule has 0 unspecified atom stereocenters. The summed E-state index contributed by atoms with van der Waals surface area (Å²) >= 11 is 3.39. The molecule has 1 aromatic carbocycles. The number of nitrogens with zero attached hydrogens (tertiary/aromatic N) is 1. The van der Waals surface area contributed by atoms with Crippen LogP contribution < -0.4 is 10.9 Å². The summed E-state index contributed by atoms with van der Waals surface area (Å²) in [4.78, 5) is 19.0. The molecule has 98 valence electrons. The van der Waals surface area contributed by atoms with E-state index in [1.165, 1.54) is 12.8 Å². The second-order valence-electron chi connectivity index (χ2n) is 4.75. The van der Waals surface area contributed by atoms with Gasteiger partial charge >= 0.3 is 0 Å². The monoisotopic (exact) mass is 319 g/mol. The zero-order valence-corrected chi connectivity index (χ0v) is 11.9. The van der Waals surface area contributed by atoms with Gasteiger partial charge in [-0.05, 0) is 25.0 Å². The second-order valence-corrected chi connectivity index (χ2v) is 5.66. The molecule has 0 amide bonds. The van der Waals surface area contributed by atoms with E-state index in [-0.39, 0.29) is 5.56 Å². The first-order valence-electron chi connectivity index (χ1n) is 6.30. The van der Waals surface area contributed by atoms with Crippen LogP contribution in [0, 0.1) is 0 Å². The average Bonchev–Trinajstić information content (AvgIpc) is 3.20. The van der Waals surface area contributed by atoms with E-state index in [1.54, 1.807) is 6.07 Å². The summed E-state index contributed by atoms with van der Waals surface area (Å²) in [6.45, 7) is 0.651. The number of aromatic amines is 1. The van der Waals surface area contributed by atoms with Gasteiger partial charge in [0.2, 0.25) is 0 Å². The molecule has 0 radical (unpaired) electrons. The molecule has 5 heteroatoms. The zero-order chi connectivity index (χ0) is 13.2. The molecule has 4 nitrogen and oxygen atoms in total. The van der Waals surface area contributed by atoms with Crippen molar-refractivity contribution >= 4 is 15.9 Å². The van der Waals surface area contributed by atoms with Gasteiger partial charge in [0.05, 0.1) is 5.69 Å². The molecule has 1 aliphatic rings. The molecule has 1 fully saturated rings. The number of aromatic nitrogens is 2. The fraction of sp³-hybridized carbons (Fsp3) is 0.286. The number of rotatable bonds is 4. The van der Waals surface area contributed by atoms with Crippen LogP contribution in [0.2, 0.25) is 0 Å². The van der Waals surface area contributed by atoms with Crippen LogP contribution in [0.15, 0.2) is 39.6 Å². The van der Waals surface area contributed by atoms with Gasteiger partial charge < -0.3 is 10.3 Å². The lowest BCUT2D eigenvalue weighted by molar-refractivity contribution is 0.672.